The van der Waals surface area contributed by atoms with Gasteiger partial charge >= 0.3 is 5.97 Å². The second-order valence-corrected chi connectivity index (χ2v) is 8.19. The van der Waals surface area contributed by atoms with Crippen molar-refractivity contribution in [3.05, 3.63) is 72.1 Å². The van der Waals surface area contributed by atoms with Crippen LogP contribution in [0.5, 0.6) is 0 Å². The standard InChI is InChI=1S/C25H27N5O4/c1-34-24(32)14-21-16-29(28-27-21)17-23(31)30-13-5-8-22(30)25(33)26-15-18-9-11-20(12-10-18)19-6-3-2-4-7-19/h2-4,6-7,9-12,16,22H,5,8,13-15,17H2,1H3,(H,26,33)/t22-/m0/s1. The van der Waals surface area contributed by atoms with Crippen LogP contribution in [0.25, 0.3) is 11.1 Å². The molecule has 4 rings (SSSR count). The summed E-state index contributed by atoms with van der Waals surface area (Å²) in [5.74, 6) is -0.799. The van der Waals surface area contributed by atoms with E-state index in [1.807, 2.05) is 42.5 Å². The largest absolute Gasteiger partial charge is 0.469 e. The van der Waals surface area contributed by atoms with Crippen LogP contribution in [0.15, 0.2) is 60.8 Å². The molecule has 1 aromatic heterocycles. The predicted molar refractivity (Wildman–Crippen MR) is 124 cm³/mol. The number of hydrogen-bond acceptors (Lipinski definition) is 6. The van der Waals surface area contributed by atoms with Crippen molar-refractivity contribution in [1.82, 2.24) is 25.2 Å². The molecule has 0 radical (unpaired) electrons. The predicted octanol–water partition coefficient (Wildman–Crippen LogP) is 1.97. The average Bonchev–Trinajstić information content (AvgIpc) is 3.53. The molecule has 9 nitrogen and oxygen atoms in total. The molecule has 1 N–H and O–H groups in total. The number of amides is 2. The molecule has 34 heavy (non-hydrogen) atoms. The summed E-state index contributed by atoms with van der Waals surface area (Å²) >= 11 is 0. The summed E-state index contributed by atoms with van der Waals surface area (Å²) in [7, 11) is 1.30. The van der Waals surface area contributed by atoms with E-state index >= 15 is 0 Å². The lowest BCUT2D eigenvalue weighted by molar-refractivity contribution is -0.139. The maximum absolute atomic E-state index is 12.8. The second-order valence-electron chi connectivity index (χ2n) is 8.19. The van der Waals surface area contributed by atoms with E-state index in [1.165, 1.54) is 11.8 Å². The molecule has 0 spiro atoms. The number of aromatic nitrogens is 3. The molecule has 2 amide bonds. The first-order chi connectivity index (χ1) is 16.5. The van der Waals surface area contributed by atoms with Gasteiger partial charge in [0.15, 0.2) is 0 Å². The van der Waals surface area contributed by atoms with Crippen molar-refractivity contribution in [1.29, 1.82) is 0 Å². The minimum Gasteiger partial charge on any atom is -0.469 e. The number of benzene rings is 2. The van der Waals surface area contributed by atoms with Gasteiger partial charge in [-0.1, -0.05) is 59.8 Å². The molecule has 1 aliphatic heterocycles. The van der Waals surface area contributed by atoms with Gasteiger partial charge in [0.25, 0.3) is 0 Å². The summed E-state index contributed by atoms with van der Waals surface area (Å²) in [6, 6.07) is 17.7. The van der Waals surface area contributed by atoms with Crippen molar-refractivity contribution < 1.29 is 19.1 Å². The Bertz CT molecular complexity index is 1140. The van der Waals surface area contributed by atoms with E-state index in [4.69, 9.17) is 0 Å². The minimum absolute atomic E-state index is 0.00817. The molecule has 0 aliphatic carbocycles. The SMILES string of the molecule is COC(=O)Cc1cn(CC(=O)N2CCC[C@H]2C(=O)NCc2ccc(-c3ccccc3)cc2)nn1. The van der Waals surface area contributed by atoms with Gasteiger partial charge < -0.3 is 15.0 Å². The lowest BCUT2D eigenvalue weighted by Crippen LogP contribution is -2.46. The molecule has 1 fully saturated rings. The van der Waals surface area contributed by atoms with Crippen molar-refractivity contribution in [3.8, 4) is 11.1 Å². The number of rotatable bonds is 8. The number of hydrogen-bond donors (Lipinski definition) is 1. The van der Waals surface area contributed by atoms with Crippen LogP contribution < -0.4 is 5.32 Å². The van der Waals surface area contributed by atoms with Crippen molar-refractivity contribution in [2.45, 2.75) is 38.4 Å². The molecule has 2 aromatic carbocycles. The van der Waals surface area contributed by atoms with E-state index in [0.29, 0.717) is 25.2 Å². The smallest absolute Gasteiger partial charge is 0.311 e. The van der Waals surface area contributed by atoms with Crippen LogP contribution in [-0.2, 0) is 38.6 Å². The number of nitrogens with zero attached hydrogens (tertiary/aromatic N) is 4. The van der Waals surface area contributed by atoms with Gasteiger partial charge in [0.05, 0.1) is 19.2 Å². The molecule has 1 aliphatic rings. The van der Waals surface area contributed by atoms with Gasteiger partial charge in [-0.15, -0.1) is 5.10 Å². The fraction of sp³-hybridized carbons (Fsp3) is 0.320. The highest BCUT2D eigenvalue weighted by Crippen LogP contribution is 2.20. The first kappa shape index (κ1) is 23.2. The van der Waals surface area contributed by atoms with E-state index in [-0.39, 0.29) is 24.8 Å². The number of methoxy groups -OCH3 is 1. The maximum atomic E-state index is 12.8. The number of carbonyl (C=O) groups excluding carboxylic acids is 3. The van der Waals surface area contributed by atoms with Crippen LogP contribution in [0.3, 0.4) is 0 Å². The molecule has 2 heterocycles. The topological polar surface area (TPSA) is 106 Å². The fourth-order valence-corrected chi connectivity index (χ4v) is 4.04. The average molecular weight is 462 g/mol. The first-order valence-corrected chi connectivity index (χ1v) is 11.2. The number of likely N-dealkylation sites (tertiary alicyclic amines) is 1. The third-order valence-electron chi connectivity index (χ3n) is 5.84. The highest BCUT2D eigenvalue weighted by atomic mass is 16.5. The number of carbonyl (C=O) groups is 3. The molecular formula is C25H27N5O4. The third-order valence-corrected chi connectivity index (χ3v) is 5.84. The molecule has 1 saturated heterocycles. The van der Waals surface area contributed by atoms with Gasteiger partial charge in [-0.2, -0.15) is 0 Å². The van der Waals surface area contributed by atoms with Crippen molar-refractivity contribution in [2.75, 3.05) is 13.7 Å². The molecule has 3 aromatic rings. The Morgan fingerprint density at radius 2 is 1.79 bits per heavy atom. The molecule has 0 unspecified atom stereocenters. The Hall–Kier alpha value is -4.01. The summed E-state index contributed by atoms with van der Waals surface area (Å²) in [5, 5.41) is 10.8. The van der Waals surface area contributed by atoms with E-state index in [2.05, 4.69) is 32.5 Å². The first-order valence-electron chi connectivity index (χ1n) is 11.2. The number of ether oxygens (including phenoxy) is 1. The van der Waals surface area contributed by atoms with Gasteiger partial charge in [0.1, 0.15) is 12.6 Å². The van der Waals surface area contributed by atoms with Gasteiger partial charge in [0, 0.05) is 19.3 Å². The van der Waals surface area contributed by atoms with Crippen LogP contribution in [0, 0.1) is 0 Å². The zero-order valence-corrected chi connectivity index (χ0v) is 19.0. The summed E-state index contributed by atoms with van der Waals surface area (Å²) in [6.45, 7) is 0.873. The van der Waals surface area contributed by atoms with Crippen LogP contribution in [0.4, 0.5) is 0 Å². The summed E-state index contributed by atoms with van der Waals surface area (Å²) in [5.41, 5.74) is 3.67. The Balaban J connectivity index is 1.30. The highest BCUT2D eigenvalue weighted by Gasteiger charge is 2.34. The fourth-order valence-electron chi connectivity index (χ4n) is 4.04. The second kappa shape index (κ2) is 10.7. The van der Waals surface area contributed by atoms with E-state index in [0.717, 1.165) is 23.1 Å². The Kier molecular flexibility index (Phi) is 7.31. The molecule has 1 atom stereocenters. The molecule has 9 heteroatoms. The summed E-state index contributed by atoms with van der Waals surface area (Å²) in [6.07, 6.45) is 2.92. The zero-order valence-electron chi connectivity index (χ0n) is 19.0. The number of esters is 1. The monoisotopic (exact) mass is 461 g/mol. The van der Waals surface area contributed by atoms with Crippen LogP contribution in [-0.4, -0.2) is 57.4 Å². The summed E-state index contributed by atoms with van der Waals surface area (Å²) in [4.78, 5) is 38.6. The van der Waals surface area contributed by atoms with Gasteiger partial charge in [-0.25, -0.2) is 4.68 Å². The molecular weight excluding hydrogens is 434 g/mol. The van der Waals surface area contributed by atoms with Gasteiger partial charge in [-0.3, -0.25) is 14.4 Å². The van der Waals surface area contributed by atoms with E-state index < -0.39 is 12.0 Å². The van der Waals surface area contributed by atoms with Crippen LogP contribution in [0.1, 0.15) is 24.1 Å². The van der Waals surface area contributed by atoms with Crippen molar-refractivity contribution >= 4 is 17.8 Å². The third kappa shape index (κ3) is 5.67. The van der Waals surface area contributed by atoms with Crippen molar-refractivity contribution in [2.24, 2.45) is 0 Å². The molecule has 0 bridgehead atoms. The number of nitrogens with one attached hydrogen (secondary N) is 1. The highest BCUT2D eigenvalue weighted by molar-refractivity contribution is 5.88. The molecule has 0 saturated carbocycles. The summed E-state index contributed by atoms with van der Waals surface area (Å²) < 4.78 is 5.99. The van der Waals surface area contributed by atoms with Gasteiger partial charge in [-0.05, 0) is 29.5 Å². The Morgan fingerprint density at radius 1 is 1.06 bits per heavy atom. The molecule has 176 valence electrons. The lowest BCUT2D eigenvalue weighted by atomic mass is 10.0. The quantitative estimate of drug-likeness (QED) is 0.514. The van der Waals surface area contributed by atoms with Crippen LogP contribution in [0.2, 0.25) is 0 Å². The normalized spacial score (nSPS) is 15.2. The van der Waals surface area contributed by atoms with E-state index in [9.17, 15) is 14.4 Å². The Labute approximate surface area is 197 Å². The van der Waals surface area contributed by atoms with Gasteiger partial charge in [0.2, 0.25) is 11.8 Å². The van der Waals surface area contributed by atoms with Crippen LogP contribution >= 0.6 is 0 Å². The minimum atomic E-state index is -0.505. The van der Waals surface area contributed by atoms with E-state index in [1.54, 1.807) is 11.1 Å². The Morgan fingerprint density at radius 3 is 2.53 bits per heavy atom. The van der Waals surface area contributed by atoms with Crippen molar-refractivity contribution in [3.63, 3.8) is 0 Å². The zero-order chi connectivity index (χ0) is 23.9. The lowest BCUT2D eigenvalue weighted by Gasteiger charge is -2.24. The maximum Gasteiger partial charge on any atom is 0.311 e.